The molecule has 1 aromatic carbocycles. The van der Waals surface area contributed by atoms with Crippen molar-refractivity contribution < 1.29 is 14.0 Å². The van der Waals surface area contributed by atoms with Gasteiger partial charge in [-0.15, -0.1) is 11.3 Å². The van der Waals surface area contributed by atoms with Gasteiger partial charge in [0.15, 0.2) is 0 Å². The summed E-state index contributed by atoms with van der Waals surface area (Å²) in [4.78, 5) is 32.9. The summed E-state index contributed by atoms with van der Waals surface area (Å²) in [5, 5.41) is 0.734. The SMILES string of the molecule is Cc1nc(Cc2ccc(F)cc2)sc1C(=O)NNC(=O)c1cccnc1. The maximum atomic E-state index is 13.0. The molecule has 0 aliphatic heterocycles. The number of benzene rings is 1. The van der Waals surface area contributed by atoms with Crippen LogP contribution < -0.4 is 10.9 Å². The zero-order valence-electron chi connectivity index (χ0n) is 13.8. The number of aryl methyl sites for hydroxylation is 1. The largest absolute Gasteiger partial charge is 0.281 e. The van der Waals surface area contributed by atoms with Crippen LogP contribution in [0.3, 0.4) is 0 Å². The van der Waals surface area contributed by atoms with Crippen LogP contribution >= 0.6 is 11.3 Å². The number of amides is 2. The number of aromatic nitrogens is 2. The number of nitrogens with zero attached hydrogens (tertiary/aromatic N) is 2. The van der Waals surface area contributed by atoms with Crippen LogP contribution in [0.15, 0.2) is 48.8 Å². The second-order valence-corrected chi connectivity index (χ2v) is 6.56. The first-order valence-electron chi connectivity index (χ1n) is 7.74. The smallest absolute Gasteiger partial charge is 0.267 e. The number of carbonyl (C=O) groups excluding carboxylic acids is 2. The lowest BCUT2D eigenvalue weighted by molar-refractivity contribution is 0.0848. The van der Waals surface area contributed by atoms with Crippen molar-refractivity contribution >= 4 is 23.2 Å². The number of pyridine rings is 1. The number of halogens is 1. The van der Waals surface area contributed by atoms with E-state index in [1.807, 2.05) is 0 Å². The Balaban J connectivity index is 1.63. The van der Waals surface area contributed by atoms with E-state index in [-0.39, 0.29) is 5.82 Å². The standard InChI is InChI=1S/C18H15FN4O2S/c1-11-16(18(25)23-22-17(24)13-3-2-8-20-10-13)26-15(21-11)9-12-4-6-14(19)7-5-12/h2-8,10H,9H2,1H3,(H,22,24)(H,23,25). The minimum Gasteiger partial charge on any atom is -0.267 e. The third-order valence-corrected chi connectivity index (χ3v) is 4.69. The van der Waals surface area contributed by atoms with Crippen LogP contribution in [0.5, 0.6) is 0 Å². The fraction of sp³-hybridized carbons (Fsp3) is 0.111. The maximum absolute atomic E-state index is 13.0. The Kier molecular flexibility index (Phi) is 5.33. The van der Waals surface area contributed by atoms with Gasteiger partial charge in [0, 0.05) is 18.8 Å². The Morgan fingerprint density at radius 1 is 1.12 bits per heavy atom. The molecule has 8 heteroatoms. The number of hydrogen-bond acceptors (Lipinski definition) is 5. The second kappa shape index (κ2) is 7.83. The van der Waals surface area contributed by atoms with Gasteiger partial charge in [0.2, 0.25) is 0 Å². The van der Waals surface area contributed by atoms with E-state index in [9.17, 15) is 14.0 Å². The first-order chi connectivity index (χ1) is 12.5. The Labute approximate surface area is 153 Å². The average Bonchev–Trinajstić information content (AvgIpc) is 3.02. The summed E-state index contributed by atoms with van der Waals surface area (Å²) in [6, 6.07) is 9.35. The highest BCUT2D eigenvalue weighted by molar-refractivity contribution is 7.13. The molecule has 2 aromatic heterocycles. The van der Waals surface area contributed by atoms with Crippen LogP contribution in [0.2, 0.25) is 0 Å². The molecule has 26 heavy (non-hydrogen) atoms. The van der Waals surface area contributed by atoms with Gasteiger partial charge in [-0.2, -0.15) is 0 Å². The summed E-state index contributed by atoms with van der Waals surface area (Å²) in [6.07, 6.45) is 3.46. The number of rotatable bonds is 4. The van der Waals surface area contributed by atoms with Crippen molar-refractivity contribution in [2.45, 2.75) is 13.3 Å². The van der Waals surface area contributed by atoms with E-state index in [1.54, 1.807) is 37.4 Å². The van der Waals surface area contributed by atoms with Crippen molar-refractivity contribution in [1.82, 2.24) is 20.8 Å². The van der Waals surface area contributed by atoms with Crippen molar-refractivity contribution in [1.29, 1.82) is 0 Å². The van der Waals surface area contributed by atoms with Crippen LogP contribution in [0, 0.1) is 12.7 Å². The van der Waals surface area contributed by atoms with E-state index in [0.717, 1.165) is 10.6 Å². The van der Waals surface area contributed by atoms with Crippen molar-refractivity contribution in [3.63, 3.8) is 0 Å². The fourth-order valence-corrected chi connectivity index (χ4v) is 3.25. The predicted octanol–water partition coefficient (Wildman–Crippen LogP) is 2.65. The summed E-state index contributed by atoms with van der Waals surface area (Å²) in [5.41, 5.74) is 6.53. The Morgan fingerprint density at radius 3 is 2.54 bits per heavy atom. The number of hydrogen-bond donors (Lipinski definition) is 2. The molecule has 2 amide bonds. The molecule has 0 bridgehead atoms. The molecular weight excluding hydrogens is 355 g/mol. The highest BCUT2D eigenvalue weighted by atomic mass is 32.1. The predicted molar refractivity (Wildman–Crippen MR) is 95.2 cm³/mol. The molecule has 2 N–H and O–H groups in total. The van der Waals surface area contributed by atoms with Gasteiger partial charge >= 0.3 is 0 Å². The molecule has 0 saturated carbocycles. The monoisotopic (exact) mass is 370 g/mol. The van der Waals surface area contributed by atoms with Gasteiger partial charge in [0.1, 0.15) is 10.7 Å². The lowest BCUT2D eigenvalue weighted by atomic mass is 10.1. The quantitative estimate of drug-likeness (QED) is 0.692. The molecular formula is C18H15FN4O2S. The minimum atomic E-state index is -0.458. The molecule has 0 unspecified atom stereocenters. The molecule has 0 aliphatic carbocycles. The van der Waals surface area contributed by atoms with E-state index in [1.165, 1.54) is 29.7 Å². The van der Waals surface area contributed by atoms with Gasteiger partial charge in [-0.1, -0.05) is 12.1 Å². The van der Waals surface area contributed by atoms with E-state index < -0.39 is 11.8 Å². The zero-order chi connectivity index (χ0) is 18.5. The maximum Gasteiger partial charge on any atom is 0.281 e. The van der Waals surface area contributed by atoms with Crippen LogP contribution in [0.4, 0.5) is 4.39 Å². The number of hydrazine groups is 1. The lowest BCUT2D eigenvalue weighted by Crippen LogP contribution is -2.41. The van der Waals surface area contributed by atoms with Gasteiger partial charge in [-0.05, 0) is 36.8 Å². The molecule has 0 aliphatic rings. The molecule has 6 nitrogen and oxygen atoms in total. The molecule has 0 fully saturated rings. The summed E-state index contributed by atoms with van der Waals surface area (Å²) >= 11 is 1.23. The first kappa shape index (κ1) is 17.7. The molecule has 3 aromatic rings. The van der Waals surface area contributed by atoms with Crippen LogP contribution in [0.1, 0.15) is 36.3 Å². The molecule has 0 atom stereocenters. The van der Waals surface area contributed by atoms with Gasteiger partial charge in [-0.25, -0.2) is 9.37 Å². The second-order valence-electron chi connectivity index (χ2n) is 5.48. The third-order valence-electron chi connectivity index (χ3n) is 3.53. The van der Waals surface area contributed by atoms with Crippen LogP contribution in [0.25, 0.3) is 0 Å². The molecule has 132 valence electrons. The fourth-order valence-electron chi connectivity index (χ4n) is 2.25. The molecule has 0 radical (unpaired) electrons. The van der Waals surface area contributed by atoms with E-state index in [4.69, 9.17) is 0 Å². The first-order valence-corrected chi connectivity index (χ1v) is 8.56. The van der Waals surface area contributed by atoms with E-state index in [0.29, 0.717) is 22.6 Å². The van der Waals surface area contributed by atoms with Gasteiger partial charge in [0.05, 0.1) is 16.3 Å². The van der Waals surface area contributed by atoms with Crippen molar-refractivity contribution in [3.8, 4) is 0 Å². The Hall–Kier alpha value is -3.13. The highest BCUT2D eigenvalue weighted by Gasteiger charge is 2.16. The van der Waals surface area contributed by atoms with E-state index in [2.05, 4.69) is 20.8 Å². The minimum absolute atomic E-state index is 0.298. The number of nitrogens with one attached hydrogen (secondary N) is 2. The van der Waals surface area contributed by atoms with Crippen molar-refractivity contribution in [3.05, 3.63) is 81.3 Å². The lowest BCUT2D eigenvalue weighted by Gasteiger charge is -2.06. The molecule has 3 rings (SSSR count). The van der Waals surface area contributed by atoms with E-state index >= 15 is 0 Å². The summed E-state index contributed by atoms with van der Waals surface area (Å²) in [6.45, 7) is 1.72. The Morgan fingerprint density at radius 2 is 1.85 bits per heavy atom. The number of carbonyl (C=O) groups is 2. The number of thiazole rings is 1. The van der Waals surface area contributed by atoms with Crippen molar-refractivity contribution in [2.75, 3.05) is 0 Å². The highest BCUT2D eigenvalue weighted by Crippen LogP contribution is 2.21. The molecule has 0 spiro atoms. The summed E-state index contributed by atoms with van der Waals surface area (Å²) in [7, 11) is 0. The van der Waals surface area contributed by atoms with Gasteiger partial charge in [0.25, 0.3) is 11.8 Å². The zero-order valence-corrected chi connectivity index (χ0v) is 14.6. The molecule has 0 saturated heterocycles. The topological polar surface area (TPSA) is 84.0 Å². The Bertz CT molecular complexity index is 926. The average molecular weight is 370 g/mol. The summed E-state index contributed by atoms with van der Waals surface area (Å²) in [5.74, 6) is -1.20. The van der Waals surface area contributed by atoms with Crippen molar-refractivity contribution in [2.24, 2.45) is 0 Å². The van der Waals surface area contributed by atoms with Gasteiger partial charge < -0.3 is 0 Å². The molecule has 2 heterocycles. The normalized spacial score (nSPS) is 10.4. The third kappa shape index (κ3) is 4.28. The van der Waals surface area contributed by atoms with Gasteiger partial charge in [-0.3, -0.25) is 25.4 Å². The van der Waals surface area contributed by atoms with Crippen LogP contribution in [-0.2, 0) is 6.42 Å². The summed E-state index contributed by atoms with van der Waals surface area (Å²) < 4.78 is 13.0. The van der Waals surface area contributed by atoms with Crippen LogP contribution in [-0.4, -0.2) is 21.8 Å².